The van der Waals surface area contributed by atoms with E-state index in [2.05, 4.69) is 10.2 Å². The third-order valence-corrected chi connectivity index (χ3v) is 4.10. The van der Waals surface area contributed by atoms with E-state index < -0.39 is 0 Å². The van der Waals surface area contributed by atoms with Crippen LogP contribution in [0, 0.1) is 0 Å². The molecule has 0 aromatic heterocycles. The van der Waals surface area contributed by atoms with Gasteiger partial charge in [0.05, 0.1) is 19.3 Å². The van der Waals surface area contributed by atoms with E-state index in [9.17, 15) is 4.79 Å². The van der Waals surface area contributed by atoms with Gasteiger partial charge in [0.2, 0.25) is 5.91 Å². The van der Waals surface area contributed by atoms with Crippen LogP contribution in [0.2, 0.25) is 0 Å². The number of rotatable bonds is 5. The summed E-state index contributed by atoms with van der Waals surface area (Å²) in [7, 11) is 3.60. The highest BCUT2D eigenvalue weighted by Gasteiger charge is 2.19. The zero-order valence-corrected chi connectivity index (χ0v) is 12.9. The number of carbonyl (C=O) groups is 1. The summed E-state index contributed by atoms with van der Waals surface area (Å²) in [5, 5.41) is 2.89. The predicted octanol–water partition coefficient (Wildman–Crippen LogP) is 2.48. The Bertz CT molecular complexity index is 484. The van der Waals surface area contributed by atoms with Crippen molar-refractivity contribution in [3.8, 4) is 5.75 Å². The summed E-state index contributed by atoms with van der Waals surface area (Å²) >= 11 is 0. The summed E-state index contributed by atoms with van der Waals surface area (Å²) in [6, 6.07) is 5.81. The van der Waals surface area contributed by atoms with Gasteiger partial charge in [-0.15, -0.1) is 0 Å². The fourth-order valence-corrected chi connectivity index (χ4v) is 2.89. The zero-order chi connectivity index (χ0) is 15.2. The van der Waals surface area contributed by atoms with Gasteiger partial charge in [0.15, 0.2) is 0 Å². The molecule has 0 unspecified atom stereocenters. The second-order valence-corrected chi connectivity index (χ2v) is 5.71. The van der Waals surface area contributed by atoms with Crippen LogP contribution in [0.15, 0.2) is 18.2 Å². The lowest BCUT2D eigenvalue weighted by Crippen LogP contribution is -2.39. The van der Waals surface area contributed by atoms with Gasteiger partial charge in [-0.25, -0.2) is 0 Å². The summed E-state index contributed by atoms with van der Waals surface area (Å²) in [5.74, 6) is 0.611. The van der Waals surface area contributed by atoms with E-state index in [1.807, 2.05) is 7.05 Å². The maximum Gasteiger partial charge on any atom is 0.238 e. The third kappa shape index (κ3) is 4.36. The van der Waals surface area contributed by atoms with Crippen molar-refractivity contribution in [2.75, 3.05) is 31.8 Å². The molecule has 0 saturated heterocycles. The molecule has 1 aliphatic rings. The van der Waals surface area contributed by atoms with E-state index in [0.29, 0.717) is 29.7 Å². The molecule has 1 saturated carbocycles. The summed E-state index contributed by atoms with van der Waals surface area (Å²) < 4.78 is 5.10. The largest absolute Gasteiger partial charge is 0.495 e. The number of hydrogen-bond donors (Lipinski definition) is 2. The number of carbonyl (C=O) groups excluding carboxylic acids is 1. The van der Waals surface area contributed by atoms with Crippen LogP contribution in [0.5, 0.6) is 5.75 Å². The van der Waals surface area contributed by atoms with Crippen LogP contribution in [0.3, 0.4) is 0 Å². The van der Waals surface area contributed by atoms with E-state index in [1.54, 1.807) is 25.3 Å². The molecular formula is C16H25N3O2. The molecule has 0 aliphatic heterocycles. The van der Waals surface area contributed by atoms with Gasteiger partial charge in [-0.3, -0.25) is 9.69 Å². The minimum Gasteiger partial charge on any atom is -0.495 e. The second-order valence-electron chi connectivity index (χ2n) is 5.71. The molecule has 1 aliphatic carbocycles. The van der Waals surface area contributed by atoms with Crippen molar-refractivity contribution in [1.29, 1.82) is 0 Å². The van der Waals surface area contributed by atoms with Crippen LogP contribution in [0.1, 0.15) is 32.1 Å². The molecule has 21 heavy (non-hydrogen) atoms. The minimum atomic E-state index is -0.00681. The predicted molar refractivity (Wildman–Crippen MR) is 85.5 cm³/mol. The summed E-state index contributed by atoms with van der Waals surface area (Å²) in [6.45, 7) is 0.413. The number of anilines is 2. The molecule has 2 rings (SSSR count). The SMILES string of the molecule is COc1ccc(NC(=O)CN(C)C2CCCCC2)cc1N. The van der Waals surface area contributed by atoms with Crippen molar-refractivity contribution in [2.45, 2.75) is 38.1 Å². The molecule has 116 valence electrons. The molecule has 5 nitrogen and oxygen atoms in total. The molecule has 3 N–H and O–H groups in total. The fourth-order valence-electron chi connectivity index (χ4n) is 2.89. The normalized spacial score (nSPS) is 16.0. The Morgan fingerprint density at radius 3 is 2.71 bits per heavy atom. The van der Waals surface area contributed by atoms with Crippen LogP contribution in [-0.4, -0.2) is 37.6 Å². The Labute approximate surface area is 126 Å². The monoisotopic (exact) mass is 291 g/mol. The highest BCUT2D eigenvalue weighted by molar-refractivity contribution is 5.92. The maximum absolute atomic E-state index is 12.1. The van der Waals surface area contributed by atoms with Gasteiger partial charge in [-0.1, -0.05) is 19.3 Å². The Hall–Kier alpha value is -1.75. The molecule has 1 aromatic rings. The summed E-state index contributed by atoms with van der Waals surface area (Å²) in [6.07, 6.45) is 6.25. The van der Waals surface area contributed by atoms with E-state index >= 15 is 0 Å². The average Bonchev–Trinajstić information content (AvgIpc) is 2.48. The Morgan fingerprint density at radius 1 is 1.38 bits per heavy atom. The number of nitrogens with zero attached hydrogens (tertiary/aromatic N) is 1. The maximum atomic E-state index is 12.1. The number of nitrogens with one attached hydrogen (secondary N) is 1. The molecule has 5 heteroatoms. The van der Waals surface area contributed by atoms with Crippen molar-refractivity contribution in [3.05, 3.63) is 18.2 Å². The second kappa shape index (κ2) is 7.31. The number of ether oxygens (including phenoxy) is 1. The summed E-state index contributed by atoms with van der Waals surface area (Å²) in [5.41, 5.74) is 7.07. The highest BCUT2D eigenvalue weighted by Crippen LogP contribution is 2.25. The lowest BCUT2D eigenvalue weighted by atomic mass is 9.94. The number of likely N-dealkylation sites (N-methyl/N-ethyl adjacent to an activating group) is 1. The molecular weight excluding hydrogens is 266 g/mol. The standard InChI is InChI=1S/C16H25N3O2/c1-19(13-6-4-3-5-7-13)11-16(20)18-12-8-9-15(21-2)14(17)10-12/h8-10,13H,3-7,11,17H2,1-2H3,(H,18,20). The molecule has 0 atom stereocenters. The number of hydrogen-bond acceptors (Lipinski definition) is 4. The van der Waals surface area contributed by atoms with E-state index in [1.165, 1.54) is 32.1 Å². The van der Waals surface area contributed by atoms with Crippen LogP contribution < -0.4 is 15.8 Å². The van der Waals surface area contributed by atoms with Crippen molar-refractivity contribution < 1.29 is 9.53 Å². The fraction of sp³-hybridized carbons (Fsp3) is 0.562. The Kier molecular flexibility index (Phi) is 5.44. The smallest absolute Gasteiger partial charge is 0.238 e. The first-order valence-electron chi connectivity index (χ1n) is 7.53. The first kappa shape index (κ1) is 15.6. The molecule has 1 amide bonds. The van der Waals surface area contributed by atoms with Gasteiger partial charge in [0.25, 0.3) is 0 Å². The van der Waals surface area contributed by atoms with Gasteiger partial charge in [-0.05, 0) is 38.1 Å². The van der Waals surface area contributed by atoms with Crippen LogP contribution >= 0.6 is 0 Å². The number of amides is 1. The Morgan fingerprint density at radius 2 is 2.10 bits per heavy atom. The number of benzene rings is 1. The first-order chi connectivity index (χ1) is 10.1. The molecule has 1 fully saturated rings. The molecule has 0 heterocycles. The van der Waals surface area contributed by atoms with Gasteiger partial charge >= 0.3 is 0 Å². The number of nitrogens with two attached hydrogens (primary N) is 1. The first-order valence-corrected chi connectivity index (χ1v) is 7.53. The number of methoxy groups -OCH3 is 1. The average molecular weight is 291 g/mol. The molecule has 1 aromatic carbocycles. The van der Waals surface area contributed by atoms with Crippen molar-refractivity contribution >= 4 is 17.3 Å². The van der Waals surface area contributed by atoms with Gasteiger partial charge in [0.1, 0.15) is 5.75 Å². The van der Waals surface area contributed by atoms with Gasteiger partial charge in [0, 0.05) is 11.7 Å². The van der Waals surface area contributed by atoms with E-state index in [0.717, 1.165) is 0 Å². The number of nitrogen functional groups attached to an aromatic ring is 1. The van der Waals surface area contributed by atoms with Gasteiger partial charge in [-0.2, -0.15) is 0 Å². The van der Waals surface area contributed by atoms with Crippen LogP contribution in [0.4, 0.5) is 11.4 Å². The van der Waals surface area contributed by atoms with Crippen molar-refractivity contribution in [2.24, 2.45) is 0 Å². The van der Waals surface area contributed by atoms with Crippen molar-refractivity contribution in [1.82, 2.24) is 4.90 Å². The van der Waals surface area contributed by atoms with Gasteiger partial charge < -0.3 is 15.8 Å². The quantitative estimate of drug-likeness (QED) is 0.818. The zero-order valence-electron chi connectivity index (χ0n) is 12.9. The lowest BCUT2D eigenvalue weighted by molar-refractivity contribution is -0.117. The summed E-state index contributed by atoms with van der Waals surface area (Å²) in [4.78, 5) is 14.3. The van der Waals surface area contributed by atoms with Crippen LogP contribution in [-0.2, 0) is 4.79 Å². The highest BCUT2D eigenvalue weighted by atomic mass is 16.5. The van der Waals surface area contributed by atoms with Crippen molar-refractivity contribution in [3.63, 3.8) is 0 Å². The molecule has 0 spiro atoms. The molecule has 0 radical (unpaired) electrons. The molecule has 0 bridgehead atoms. The lowest BCUT2D eigenvalue weighted by Gasteiger charge is -2.30. The van der Waals surface area contributed by atoms with E-state index in [-0.39, 0.29) is 5.91 Å². The Balaban J connectivity index is 1.87. The minimum absolute atomic E-state index is 0.00681. The van der Waals surface area contributed by atoms with Crippen LogP contribution in [0.25, 0.3) is 0 Å². The third-order valence-electron chi connectivity index (χ3n) is 4.10. The topological polar surface area (TPSA) is 67.6 Å². The van der Waals surface area contributed by atoms with E-state index in [4.69, 9.17) is 10.5 Å².